The second kappa shape index (κ2) is 6.88. The highest BCUT2D eigenvalue weighted by molar-refractivity contribution is 7.17. The number of nitrogens with zero attached hydrogens (tertiary/aromatic N) is 3. The van der Waals surface area contributed by atoms with E-state index in [-0.39, 0.29) is 10.9 Å². The predicted octanol–water partition coefficient (Wildman–Crippen LogP) is 2.63. The Morgan fingerprint density at radius 3 is 2.50 bits per heavy atom. The lowest BCUT2D eigenvalue weighted by molar-refractivity contribution is -0.380. The third-order valence-corrected chi connectivity index (χ3v) is 5.00. The van der Waals surface area contributed by atoms with E-state index in [0.717, 1.165) is 22.8 Å². The molecule has 0 spiro atoms. The van der Waals surface area contributed by atoms with Crippen LogP contribution in [0.1, 0.15) is 9.67 Å². The number of benzene rings is 1. The minimum Gasteiger partial charge on any atom is -0.495 e. The molecule has 7 nitrogen and oxygen atoms in total. The lowest BCUT2D eigenvalue weighted by Gasteiger charge is -2.36. The van der Waals surface area contributed by atoms with Gasteiger partial charge in [-0.15, -0.1) is 0 Å². The number of ether oxygens (including phenoxy) is 1. The Labute approximate surface area is 143 Å². The molecule has 0 bridgehead atoms. The van der Waals surface area contributed by atoms with Gasteiger partial charge in [-0.1, -0.05) is 23.5 Å². The van der Waals surface area contributed by atoms with E-state index >= 15 is 0 Å². The Hall–Kier alpha value is -2.61. The second-order valence-electron chi connectivity index (χ2n) is 5.35. The van der Waals surface area contributed by atoms with Gasteiger partial charge in [0, 0.05) is 32.2 Å². The molecule has 0 N–H and O–H groups in total. The number of thiophene rings is 1. The lowest BCUT2D eigenvalue weighted by atomic mass is 10.2. The van der Waals surface area contributed by atoms with Crippen LogP contribution in [0.3, 0.4) is 0 Å². The van der Waals surface area contributed by atoms with Gasteiger partial charge >= 0.3 is 5.00 Å². The summed E-state index contributed by atoms with van der Waals surface area (Å²) < 4.78 is 5.38. The number of anilines is 1. The Balaban J connectivity index is 1.66. The van der Waals surface area contributed by atoms with Crippen molar-refractivity contribution < 1.29 is 14.5 Å². The highest BCUT2D eigenvalue weighted by Gasteiger charge is 2.25. The molecule has 8 heteroatoms. The zero-order valence-corrected chi connectivity index (χ0v) is 14.0. The highest BCUT2D eigenvalue weighted by Crippen LogP contribution is 2.29. The molecule has 1 aliphatic rings. The first-order valence-electron chi connectivity index (χ1n) is 7.51. The number of methoxy groups -OCH3 is 1. The van der Waals surface area contributed by atoms with Gasteiger partial charge in [-0.25, -0.2) is 0 Å². The molecule has 0 unspecified atom stereocenters. The maximum atomic E-state index is 12.5. The molecular weight excluding hydrogens is 330 g/mol. The number of piperazine rings is 1. The average molecular weight is 347 g/mol. The number of para-hydroxylation sites is 2. The van der Waals surface area contributed by atoms with Crippen molar-refractivity contribution in [3.05, 3.63) is 51.4 Å². The number of amides is 1. The molecule has 2 aromatic rings. The van der Waals surface area contributed by atoms with Crippen molar-refractivity contribution in [2.24, 2.45) is 0 Å². The predicted molar refractivity (Wildman–Crippen MR) is 92.1 cm³/mol. The van der Waals surface area contributed by atoms with Crippen LogP contribution >= 0.6 is 11.3 Å². The Morgan fingerprint density at radius 1 is 1.17 bits per heavy atom. The number of nitro groups is 1. The normalized spacial score (nSPS) is 14.5. The van der Waals surface area contributed by atoms with E-state index in [1.807, 2.05) is 24.3 Å². The Kier molecular flexibility index (Phi) is 4.66. The molecule has 1 aromatic heterocycles. The van der Waals surface area contributed by atoms with Crippen molar-refractivity contribution in [2.75, 3.05) is 38.2 Å². The second-order valence-corrected chi connectivity index (χ2v) is 6.41. The van der Waals surface area contributed by atoms with Crippen LogP contribution in [0, 0.1) is 10.1 Å². The van der Waals surface area contributed by atoms with Crippen LogP contribution in [-0.4, -0.2) is 49.0 Å². The number of carbonyl (C=O) groups excluding carboxylic acids is 1. The van der Waals surface area contributed by atoms with E-state index in [1.54, 1.807) is 12.0 Å². The summed E-state index contributed by atoms with van der Waals surface area (Å²) in [4.78, 5) is 27.1. The summed E-state index contributed by atoms with van der Waals surface area (Å²) in [5.41, 5.74) is 1.01. The molecule has 0 aliphatic carbocycles. The van der Waals surface area contributed by atoms with Gasteiger partial charge in [-0.2, -0.15) is 0 Å². The first-order chi connectivity index (χ1) is 11.6. The molecule has 1 fully saturated rings. The molecule has 1 aliphatic heterocycles. The van der Waals surface area contributed by atoms with E-state index in [2.05, 4.69) is 4.90 Å². The van der Waals surface area contributed by atoms with Gasteiger partial charge in [0.15, 0.2) is 0 Å². The monoisotopic (exact) mass is 347 g/mol. The summed E-state index contributed by atoms with van der Waals surface area (Å²) in [7, 11) is 1.64. The maximum absolute atomic E-state index is 12.5. The fourth-order valence-electron chi connectivity index (χ4n) is 2.74. The molecule has 2 heterocycles. The Bertz CT molecular complexity index is 753. The zero-order valence-electron chi connectivity index (χ0n) is 13.2. The topological polar surface area (TPSA) is 75.9 Å². The number of rotatable bonds is 4. The molecule has 1 saturated heterocycles. The van der Waals surface area contributed by atoms with E-state index < -0.39 is 4.92 Å². The van der Waals surface area contributed by atoms with Gasteiger partial charge in [0.1, 0.15) is 5.75 Å². The van der Waals surface area contributed by atoms with Crippen LogP contribution in [-0.2, 0) is 0 Å². The van der Waals surface area contributed by atoms with Crippen LogP contribution < -0.4 is 9.64 Å². The van der Waals surface area contributed by atoms with Gasteiger partial charge in [0.25, 0.3) is 5.91 Å². The third-order valence-electron chi connectivity index (χ3n) is 3.98. The number of hydrogen-bond donors (Lipinski definition) is 0. The quantitative estimate of drug-likeness (QED) is 0.628. The van der Waals surface area contributed by atoms with Crippen molar-refractivity contribution in [3.8, 4) is 5.75 Å². The summed E-state index contributed by atoms with van der Waals surface area (Å²) >= 11 is 0.922. The SMILES string of the molecule is COc1ccccc1N1CCN(C(=O)c2ccc([N+](=O)[O-])s2)CC1. The largest absolute Gasteiger partial charge is 0.495 e. The molecule has 3 rings (SSSR count). The molecule has 1 aromatic carbocycles. The maximum Gasteiger partial charge on any atom is 0.324 e. The molecular formula is C16H17N3O4S. The minimum absolute atomic E-state index is 0.00833. The number of carbonyl (C=O) groups is 1. The minimum atomic E-state index is -0.471. The van der Waals surface area contributed by atoms with E-state index in [9.17, 15) is 14.9 Å². The fourth-order valence-corrected chi connectivity index (χ4v) is 3.53. The van der Waals surface area contributed by atoms with Crippen molar-refractivity contribution >= 4 is 27.9 Å². The van der Waals surface area contributed by atoms with Crippen molar-refractivity contribution in [2.45, 2.75) is 0 Å². The third kappa shape index (κ3) is 3.18. The van der Waals surface area contributed by atoms with Gasteiger partial charge in [0.2, 0.25) is 0 Å². The molecule has 24 heavy (non-hydrogen) atoms. The van der Waals surface area contributed by atoms with Crippen LogP contribution in [0.2, 0.25) is 0 Å². The van der Waals surface area contributed by atoms with Gasteiger partial charge in [0.05, 0.1) is 22.6 Å². The summed E-state index contributed by atoms with van der Waals surface area (Å²) in [6, 6.07) is 10.7. The fraction of sp³-hybridized carbons (Fsp3) is 0.312. The van der Waals surface area contributed by atoms with E-state index in [1.165, 1.54) is 12.1 Å². The van der Waals surface area contributed by atoms with Crippen molar-refractivity contribution in [1.29, 1.82) is 0 Å². The first kappa shape index (κ1) is 16.3. The summed E-state index contributed by atoms with van der Waals surface area (Å²) in [5.74, 6) is 0.666. The molecule has 0 saturated carbocycles. The van der Waals surface area contributed by atoms with E-state index in [4.69, 9.17) is 4.74 Å². The summed E-state index contributed by atoms with van der Waals surface area (Å²) in [6.07, 6.45) is 0. The van der Waals surface area contributed by atoms with Gasteiger partial charge < -0.3 is 14.5 Å². The lowest BCUT2D eigenvalue weighted by Crippen LogP contribution is -2.48. The average Bonchev–Trinajstić information content (AvgIpc) is 3.11. The Morgan fingerprint density at radius 2 is 1.88 bits per heavy atom. The van der Waals surface area contributed by atoms with Gasteiger partial charge in [-0.3, -0.25) is 14.9 Å². The summed E-state index contributed by atoms with van der Waals surface area (Å²) in [6.45, 7) is 2.53. The highest BCUT2D eigenvalue weighted by atomic mass is 32.1. The smallest absolute Gasteiger partial charge is 0.324 e. The van der Waals surface area contributed by atoms with E-state index in [0.29, 0.717) is 31.1 Å². The standard InChI is InChI=1S/C16H17N3O4S/c1-23-13-5-3-2-4-12(13)17-8-10-18(11-9-17)16(20)14-6-7-15(24-14)19(21)22/h2-7H,8-11H2,1H3. The van der Waals surface area contributed by atoms with Crippen LogP contribution in [0.15, 0.2) is 36.4 Å². The molecule has 0 atom stereocenters. The molecule has 1 amide bonds. The molecule has 126 valence electrons. The van der Waals surface area contributed by atoms with Crippen molar-refractivity contribution in [1.82, 2.24) is 4.90 Å². The number of hydrogen-bond acceptors (Lipinski definition) is 6. The van der Waals surface area contributed by atoms with Crippen LogP contribution in [0.5, 0.6) is 5.75 Å². The van der Waals surface area contributed by atoms with Crippen molar-refractivity contribution in [3.63, 3.8) is 0 Å². The zero-order chi connectivity index (χ0) is 17.1. The molecule has 0 radical (unpaired) electrons. The van der Waals surface area contributed by atoms with Crippen LogP contribution in [0.4, 0.5) is 10.7 Å². The van der Waals surface area contributed by atoms with Crippen LogP contribution in [0.25, 0.3) is 0 Å². The first-order valence-corrected chi connectivity index (χ1v) is 8.33. The summed E-state index contributed by atoms with van der Waals surface area (Å²) in [5, 5.41) is 10.7. The van der Waals surface area contributed by atoms with Gasteiger partial charge in [-0.05, 0) is 18.2 Å².